The molecular formula is C28H32N2O4. The van der Waals surface area contributed by atoms with Gasteiger partial charge in [0.15, 0.2) is 6.61 Å². The highest BCUT2D eigenvalue weighted by atomic mass is 16.5. The van der Waals surface area contributed by atoms with Gasteiger partial charge < -0.3 is 14.2 Å². The quantitative estimate of drug-likeness (QED) is 0.207. The summed E-state index contributed by atoms with van der Waals surface area (Å²) in [4.78, 5) is 12.1. The van der Waals surface area contributed by atoms with Crippen LogP contribution in [0.4, 0.5) is 0 Å². The minimum Gasteiger partial charge on any atom is -0.497 e. The summed E-state index contributed by atoms with van der Waals surface area (Å²) in [7, 11) is 1.64. The van der Waals surface area contributed by atoms with Crippen molar-refractivity contribution in [2.24, 2.45) is 5.10 Å². The molecule has 0 saturated heterocycles. The monoisotopic (exact) mass is 460 g/mol. The van der Waals surface area contributed by atoms with Crippen molar-refractivity contribution in [3.63, 3.8) is 0 Å². The number of benzene rings is 3. The van der Waals surface area contributed by atoms with E-state index in [9.17, 15) is 4.79 Å². The summed E-state index contributed by atoms with van der Waals surface area (Å²) in [5, 5.41) is 4.05. The number of aryl methyl sites for hydroxylation is 1. The molecule has 178 valence electrons. The van der Waals surface area contributed by atoms with Gasteiger partial charge in [-0.15, -0.1) is 0 Å². The number of para-hydroxylation sites is 1. The molecular weight excluding hydrogens is 428 g/mol. The van der Waals surface area contributed by atoms with E-state index >= 15 is 0 Å². The Kier molecular flexibility index (Phi) is 9.99. The van der Waals surface area contributed by atoms with Gasteiger partial charge in [-0.25, -0.2) is 5.43 Å². The lowest BCUT2D eigenvalue weighted by atomic mass is 10.1. The molecule has 0 radical (unpaired) electrons. The Morgan fingerprint density at radius 3 is 2.53 bits per heavy atom. The average molecular weight is 461 g/mol. The molecule has 3 aromatic rings. The zero-order valence-corrected chi connectivity index (χ0v) is 19.8. The Hall–Kier alpha value is -3.80. The first kappa shape index (κ1) is 24.8. The number of nitrogens with zero attached hydrogens (tertiary/aromatic N) is 1. The maximum absolute atomic E-state index is 12.1. The molecule has 3 rings (SSSR count). The van der Waals surface area contributed by atoms with Gasteiger partial charge in [-0.1, -0.05) is 56.2 Å². The third kappa shape index (κ3) is 8.28. The van der Waals surface area contributed by atoms with Crippen molar-refractivity contribution in [1.29, 1.82) is 0 Å². The van der Waals surface area contributed by atoms with Gasteiger partial charge in [-0.05, 0) is 60.4 Å². The first-order valence-electron chi connectivity index (χ1n) is 11.6. The number of unbranched alkanes of at least 4 members (excludes halogenated alkanes) is 2. The van der Waals surface area contributed by atoms with Crippen molar-refractivity contribution in [1.82, 2.24) is 5.43 Å². The van der Waals surface area contributed by atoms with E-state index in [1.54, 1.807) is 13.3 Å². The average Bonchev–Trinajstić information content (AvgIpc) is 2.88. The molecule has 1 amide bonds. The lowest BCUT2D eigenvalue weighted by molar-refractivity contribution is -0.123. The SMILES string of the molecule is CCCCCc1ccc(OCC(=O)N/N=C/c2ccccc2OCc2cccc(OC)c2)cc1. The number of ether oxygens (including phenoxy) is 3. The van der Waals surface area contributed by atoms with Gasteiger partial charge in [0.05, 0.1) is 13.3 Å². The van der Waals surface area contributed by atoms with Crippen LogP contribution in [0.2, 0.25) is 0 Å². The Bertz CT molecular complexity index is 1060. The number of amides is 1. The second-order valence-electron chi connectivity index (χ2n) is 7.86. The van der Waals surface area contributed by atoms with Crippen LogP contribution in [-0.4, -0.2) is 25.8 Å². The van der Waals surface area contributed by atoms with E-state index in [1.807, 2.05) is 72.8 Å². The van der Waals surface area contributed by atoms with Crippen molar-refractivity contribution < 1.29 is 19.0 Å². The molecule has 0 heterocycles. The largest absolute Gasteiger partial charge is 0.497 e. The van der Waals surface area contributed by atoms with Crippen LogP contribution in [0.25, 0.3) is 0 Å². The Labute approximate surface area is 201 Å². The second kappa shape index (κ2) is 13.7. The number of carbonyl (C=O) groups excluding carboxylic acids is 1. The maximum atomic E-state index is 12.1. The van der Waals surface area contributed by atoms with Crippen molar-refractivity contribution in [2.75, 3.05) is 13.7 Å². The van der Waals surface area contributed by atoms with Crippen LogP contribution in [0.3, 0.4) is 0 Å². The Morgan fingerprint density at radius 2 is 1.74 bits per heavy atom. The van der Waals surface area contributed by atoms with E-state index in [2.05, 4.69) is 17.5 Å². The van der Waals surface area contributed by atoms with Gasteiger partial charge >= 0.3 is 0 Å². The lowest BCUT2D eigenvalue weighted by Gasteiger charge is -2.10. The molecule has 34 heavy (non-hydrogen) atoms. The highest BCUT2D eigenvalue weighted by Crippen LogP contribution is 2.19. The molecule has 6 heteroatoms. The minimum atomic E-state index is -0.335. The molecule has 3 aromatic carbocycles. The topological polar surface area (TPSA) is 69.2 Å². The van der Waals surface area contributed by atoms with Gasteiger partial charge in [-0.2, -0.15) is 5.10 Å². The van der Waals surface area contributed by atoms with Gasteiger partial charge in [0.25, 0.3) is 5.91 Å². The summed E-state index contributed by atoms with van der Waals surface area (Å²) in [6.45, 7) is 2.47. The van der Waals surface area contributed by atoms with Crippen LogP contribution in [-0.2, 0) is 17.8 Å². The number of carbonyl (C=O) groups is 1. The predicted molar refractivity (Wildman–Crippen MR) is 135 cm³/mol. The summed E-state index contributed by atoms with van der Waals surface area (Å²) in [5.41, 5.74) is 5.52. The smallest absolute Gasteiger partial charge is 0.277 e. The predicted octanol–water partition coefficient (Wildman–Crippen LogP) is 5.54. The van der Waals surface area contributed by atoms with Crippen molar-refractivity contribution in [3.8, 4) is 17.2 Å². The molecule has 6 nitrogen and oxygen atoms in total. The van der Waals surface area contributed by atoms with E-state index in [-0.39, 0.29) is 12.5 Å². The summed E-state index contributed by atoms with van der Waals surface area (Å²) in [6, 6.07) is 23.1. The summed E-state index contributed by atoms with van der Waals surface area (Å²) in [5.74, 6) is 1.77. The van der Waals surface area contributed by atoms with Crippen LogP contribution in [0.5, 0.6) is 17.2 Å². The molecule has 0 unspecified atom stereocenters. The fourth-order valence-electron chi connectivity index (χ4n) is 3.33. The van der Waals surface area contributed by atoms with E-state index < -0.39 is 0 Å². The van der Waals surface area contributed by atoms with Crippen molar-refractivity contribution in [3.05, 3.63) is 89.5 Å². The summed E-state index contributed by atoms with van der Waals surface area (Å²) in [6.07, 6.45) is 6.25. The van der Waals surface area contributed by atoms with E-state index in [1.165, 1.54) is 24.8 Å². The van der Waals surface area contributed by atoms with Crippen LogP contribution in [0, 0.1) is 0 Å². The molecule has 0 fully saturated rings. The highest BCUT2D eigenvalue weighted by Gasteiger charge is 2.05. The van der Waals surface area contributed by atoms with Gasteiger partial charge in [0.2, 0.25) is 0 Å². The number of hydrogen-bond donors (Lipinski definition) is 1. The molecule has 0 aliphatic heterocycles. The zero-order chi connectivity index (χ0) is 24.0. The van der Waals surface area contributed by atoms with Crippen LogP contribution in [0.15, 0.2) is 77.9 Å². The molecule has 0 atom stereocenters. The zero-order valence-electron chi connectivity index (χ0n) is 19.8. The van der Waals surface area contributed by atoms with Gasteiger partial charge in [0.1, 0.15) is 23.9 Å². The van der Waals surface area contributed by atoms with E-state index in [0.717, 1.165) is 23.3 Å². The summed E-state index contributed by atoms with van der Waals surface area (Å²) < 4.78 is 16.8. The maximum Gasteiger partial charge on any atom is 0.277 e. The fraction of sp³-hybridized carbons (Fsp3) is 0.286. The summed E-state index contributed by atoms with van der Waals surface area (Å²) >= 11 is 0. The molecule has 0 saturated carbocycles. The highest BCUT2D eigenvalue weighted by molar-refractivity contribution is 5.85. The minimum absolute atomic E-state index is 0.111. The molecule has 0 aromatic heterocycles. The van der Waals surface area contributed by atoms with Gasteiger partial charge in [0, 0.05) is 5.56 Å². The van der Waals surface area contributed by atoms with Crippen molar-refractivity contribution in [2.45, 2.75) is 39.2 Å². The third-order valence-corrected chi connectivity index (χ3v) is 5.20. The number of hydrazone groups is 1. The number of hydrogen-bond acceptors (Lipinski definition) is 5. The molecule has 1 N–H and O–H groups in total. The lowest BCUT2D eigenvalue weighted by Crippen LogP contribution is -2.24. The molecule has 0 bridgehead atoms. The molecule has 0 spiro atoms. The third-order valence-electron chi connectivity index (χ3n) is 5.20. The molecule has 0 aliphatic carbocycles. The normalized spacial score (nSPS) is 10.8. The molecule has 0 aliphatic rings. The number of nitrogens with one attached hydrogen (secondary N) is 1. The number of rotatable bonds is 13. The number of methoxy groups -OCH3 is 1. The van der Waals surface area contributed by atoms with Crippen LogP contribution < -0.4 is 19.6 Å². The standard InChI is InChI=1S/C28H32N2O4/c1-3-4-5-9-22-14-16-25(17-15-22)33-21-28(31)30-29-19-24-11-6-7-13-27(24)34-20-23-10-8-12-26(18-23)32-2/h6-8,10-19H,3-5,9,20-21H2,1-2H3,(H,30,31)/b29-19+. The van der Waals surface area contributed by atoms with Crippen LogP contribution >= 0.6 is 0 Å². The van der Waals surface area contributed by atoms with Crippen LogP contribution in [0.1, 0.15) is 42.9 Å². The van der Waals surface area contributed by atoms with Gasteiger partial charge in [-0.3, -0.25) is 4.79 Å². The fourth-order valence-corrected chi connectivity index (χ4v) is 3.33. The Morgan fingerprint density at radius 1 is 0.912 bits per heavy atom. The Balaban J connectivity index is 1.46. The van der Waals surface area contributed by atoms with E-state index in [0.29, 0.717) is 18.1 Å². The first-order chi connectivity index (χ1) is 16.7. The van der Waals surface area contributed by atoms with Crippen molar-refractivity contribution >= 4 is 12.1 Å². The second-order valence-corrected chi connectivity index (χ2v) is 7.86. The first-order valence-corrected chi connectivity index (χ1v) is 11.6. The van der Waals surface area contributed by atoms with E-state index in [4.69, 9.17) is 14.2 Å².